The van der Waals surface area contributed by atoms with Crippen LogP contribution in [0.3, 0.4) is 0 Å². The predicted octanol–water partition coefficient (Wildman–Crippen LogP) is -0.752. The number of nitrogens with two attached hydrogens (primary N) is 1. The summed E-state index contributed by atoms with van der Waals surface area (Å²) in [6.07, 6.45) is 2.65. The Balaban J connectivity index is 2.97. The van der Waals surface area contributed by atoms with E-state index in [-0.39, 0.29) is 0 Å². The van der Waals surface area contributed by atoms with Crippen molar-refractivity contribution in [2.45, 2.75) is 18.2 Å². The molecule has 6 nitrogen and oxygen atoms in total. The molecule has 0 aliphatic carbocycles. The molecule has 0 aliphatic rings. The molecular weight excluding hydrogens is 204 g/mol. The van der Waals surface area contributed by atoms with Gasteiger partial charge < -0.3 is 5.73 Å². The van der Waals surface area contributed by atoms with Gasteiger partial charge in [0.1, 0.15) is 0 Å². The lowest BCUT2D eigenvalue weighted by Gasteiger charge is -2.17. The summed E-state index contributed by atoms with van der Waals surface area (Å²) >= 11 is 0. The topological polar surface area (TPSA) is 90.9 Å². The minimum atomic E-state index is -3.14. The van der Waals surface area contributed by atoms with Gasteiger partial charge in [-0.1, -0.05) is 5.21 Å². The number of rotatable bonds is 3. The Morgan fingerprint density at radius 2 is 2.14 bits per heavy atom. The number of sulfone groups is 1. The minimum Gasteiger partial charge on any atom is -0.322 e. The maximum Gasteiger partial charge on any atom is 0.151 e. The Morgan fingerprint density at radius 1 is 1.57 bits per heavy atom. The van der Waals surface area contributed by atoms with Crippen molar-refractivity contribution in [1.82, 2.24) is 15.0 Å². The van der Waals surface area contributed by atoms with E-state index in [0.29, 0.717) is 5.69 Å². The molecule has 0 amide bonds. The van der Waals surface area contributed by atoms with Gasteiger partial charge in [0.25, 0.3) is 0 Å². The second-order valence-corrected chi connectivity index (χ2v) is 5.75. The van der Waals surface area contributed by atoms with E-state index in [1.807, 2.05) is 0 Å². The van der Waals surface area contributed by atoms with Crippen molar-refractivity contribution in [2.24, 2.45) is 12.8 Å². The van der Waals surface area contributed by atoms with Crippen LogP contribution in [-0.4, -0.2) is 34.9 Å². The molecule has 1 rings (SSSR count). The molecular formula is C7H14N4O2S. The lowest BCUT2D eigenvalue weighted by Crippen LogP contribution is -2.31. The standard InChI is InChI=1S/C7H14N4O2S/c1-5(14(3,12)13)7(8)6-4-9-10-11(6)2/h4-5,7H,8H2,1-3H3. The van der Waals surface area contributed by atoms with Crippen LogP contribution in [0.1, 0.15) is 18.7 Å². The largest absolute Gasteiger partial charge is 0.322 e. The zero-order valence-corrected chi connectivity index (χ0v) is 9.19. The highest BCUT2D eigenvalue weighted by atomic mass is 32.2. The fraction of sp³-hybridized carbons (Fsp3) is 0.714. The third-order valence-electron chi connectivity index (χ3n) is 2.27. The van der Waals surface area contributed by atoms with Crippen LogP contribution in [0, 0.1) is 0 Å². The smallest absolute Gasteiger partial charge is 0.151 e. The van der Waals surface area contributed by atoms with Crippen molar-refractivity contribution in [3.05, 3.63) is 11.9 Å². The van der Waals surface area contributed by atoms with Gasteiger partial charge in [-0.25, -0.2) is 8.42 Å². The summed E-state index contributed by atoms with van der Waals surface area (Å²) < 4.78 is 24.0. The Bertz CT molecular complexity index is 411. The summed E-state index contributed by atoms with van der Waals surface area (Å²) in [7, 11) is -1.46. The fourth-order valence-corrected chi connectivity index (χ4v) is 1.78. The highest BCUT2D eigenvalue weighted by Gasteiger charge is 2.26. The maximum atomic E-state index is 11.2. The second-order valence-electron chi connectivity index (χ2n) is 3.34. The van der Waals surface area contributed by atoms with Crippen molar-refractivity contribution in [2.75, 3.05) is 6.26 Å². The number of nitrogens with zero attached hydrogens (tertiary/aromatic N) is 3. The third-order valence-corrected chi connectivity index (χ3v) is 3.92. The summed E-state index contributed by atoms with van der Waals surface area (Å²) in [5, 5.41) is 6.70. The van der Waals surface area contributed by atoms with Crippen molar-refractivity contribution >= 4 is 9.84 Å². The van der Waals surface area contributed by atoms with Crippen LogP contribution < -0.4 is 5.73 Å². The van der Waals surface area contributed by atoms with Crippen LogP contribution >= 0.6 is 0 Å². The molecule has 0 saturated heterocycles. The van der Waals surface area contributed by atoms with Gasteiger partial charge in [0.05, 0.1) is 23.2 Å². The van der Waals surface area contributed by atoms with Crippen LogP contribution in [0.25, 0.3) is 0 Å². The summed E-state index contributed by atoms with van der Waals surface area (Å²) in [5.74, 6) is 0. The molecule has 7 heteroatoms. The number of aryl methyl sites for hydroxylation is 1. The van der Waals surface area contributed by atoms with Gasteiger partial charge >= 0.3 is 0 Å². The fourth-order valence-electron chi connectivity index (χ4n) is 1.11. The molecule has 1 heterocycles. The van der Waals surface area contributed by atoms with Crippen LogP contribution in [-0.2, 0) is 16.9 Å². The first-order valence-electron chi connectivity index (χ1n) is 4.13. The number of hydrogen-bond acceptors (Lipinski definition) is 5. The van der Waals surface area contributed by atoms with Crippen molar-refractivity contribution in [3.63, 3.8) is 0 Å². The van der Waals surface area contributed by atoms with E-state index in [9.17, 15) is 8.42 Å². The molecule has 1 aromatic rings. The van der Waals surface area contributed by atoms with Crippen LogP contribution in [0.2, 0.25) is 0 Å². The van der Waals surface area contributed by atoms with Crippen LogP contribution in [0.4, 0.5) is 0 Å². The number of aromatic nitrogens is 3. The molecule has 2 N–H and O–H groups in total. The molecule has 1 aromatic heterocycles. The average Bonchev–Trinajstić information content (AvgIpc) is 2.47. The highest BCUT2D eigenvalue weighted by Crippen LogP contribution is 2.17. The Labute approximate surface area is 83.0 Å². The molecule has 14 heavy (non-hydrogen) atoms. The first-order valence-corrected chi connectivity index (χ1v) is 6.08. The SMILES string of the molecule is CC(C(N)c1cnnn1C)S(C)(=O)=O. The van der Waals surface area contributed by atoms with Crippen molar-refractivity contribution in [1.29, 1.82) is 0 Å². The first kappa shape index (κ1) is 11.1. The lowest BCUT2D eigenvalue weighted by atomic mass is 10.2. The quantitative estimate of drug-likeness (QED) is 0.720. The van der Waals surface area contributed by atoms with Gasteiger partial charge in [-0.15, -0.1) is 5.10 Å². The van der Waals surface area contributed by atoms with E-state index in [1.54, 1.807) is 14.0 Å². The Hall–Kier alpha value is -0.950. The molecule has 0 saturated carbocycles. The summed E-state index contributed by atoms with van der Waals surface area (Å²) in [4.78, 5) is 0. The molecule has 0 fully saturated rings. The highest BCUT2D eigenvalue weighted by molar-refractivity contribution is 7.91. The van der Waals surface area contributed by atoms with Crippen molar-refractivity contribution in [3.8, 4) is 0 Å². The first-order chi connectivity index (χ1) is 6.34. The zero-order valence-electron chi connectivity index (χ0n) is 8.38. The van der Waals surface area contributed by atoms with Gasteiger partial charge in [-0.05, 0) is 6.92 Å². The van der Waals surface area contributed by atoms with E-state index in [2.05, 4.69) is 10.3 Å². The van der Waals surface area contributed by atoms with E-state index in [1.165, 1.54) is 17.1 Å². The van der Waals surface area contributed by atoms with Crippen LogP contribution in [0.15, 0.2) is 6.20 Å². The van der Waals surface area contributed by atoms with Crippen LogP contribution in [0.5, 0.6) is 0 Å². The number of hydrogen-bond donors (Lipinski definition) is 1. The summed E-state index contributed by atoms with van der Waals surface area (Å²) in [6.45, 7) is 1.58. The van der Waals surface area contributed by atoms with Gasteiger partial charge in [-0.2, -0.15) is 0 Å². The van der Waals surface area contributed by atoms with Gasteiger partial charge in [0, 0.05) is 13.3 Å². The summed E-state index contributed by atoms with van der Waals surface area (Å²) in [5.41, 5.74) is 6.40. The molecule has 2 unspecified atom stereocenters. The third kappa shape index (κ3) is 2.10. The molecule has 0 bridgehead atoms. The predicted molar refractivity (Wildman–Crippen MR) is 52.2 cm³/mol. The maximum absolute atomic E-state index is 11.2. The van der Waals surface area contributed by atoms with Gasteiger partial charge in [0.2, 0.25) is 0 Å². The van der Waals surface area contributed by atoms with Gasteiger partial charge in [-0.3, -0.25) is 4.68 Å². The lowest BCUT2D eigenvalue weighted by molar-refractivity contribution is 0.552. The van der Waals surface area contributed by atoms with E-state index in [0.717, 1.165) is 0 Å². The van der Waals surface area contributed by atoms with Gasteiger partial charge in [0.15, 0.2) is 9.84 Å². The summed E-state index contributed by atoms with van der Waals surface area (Å²) in [6, 6.07) is -0.593. The second kappa shape index (κ2) is 3.66. The Morgan fingerprint density at radius 3 is 2.50 bits per heavy atom. The molecule has 0 aromatic carbocycles. The van der Waals surface area contributed by atoms with E-state index in [4.69, 9.17) is 5.73 Å². The van der Waals surface area contributed by atoms with E-state index >= 15 is 0 Å². The average molecular weight is 218 g/mol. The molecule has 0 radical (unpaired) electrons. The molecule has 0 aliphatic heterocycles. The zero-order chi connectivity index (χ0) is 10.9. The molecule has 80 valence electrons. The Kier molecular flexibility index (Phi) is 2.91. The minimum absolute atomic E-state index is 0.593. The normalized spacial score (nSPS) is 16.6. The monoisotopic (exact) mass is 218 g/mol. The van der Waals surface area contributed by atoms with E-state index < -0.39 is 21.1 Å². The molecule has 0 spiro atoms. The van der Waals surface area contributed by atoms with Crippen molar-refractivity contribution < 1.29 is 8.42 Å². The molecule has 2 atom stereocenters.